The van der Waals surface area contributed by atoms with Gasteiger partial charge in [-0.1, -0.05) is 18.2 Å². The van der Waals surface area contributed by atoms with Gasteiger partial charge in [0, 0.05) is 12.1 Å². The lowest BCUT2D eigenvalue weighted by atomic mass is 10.2. The van der Waals surface area contributed by atoms with Crippen LogP contribution in [0.5, 0.6) is 11.5 Å². The number of hydrogen-bond donors (Lipinski definition) is 1. The minimum absolute atomic E-state index is 0.0130. The first-order valence-electron chi connectivity index (χ1n) is 8.29. The smallest absolute Gasteiger partial charge is 0.224 e. The van der Waals surface area contributed by atoms with E-state index in [4.69, 9.17) is 9.47 Å². The second-order valence-electron chi connectivity index (χ2n) is 5.96. The zero-order chi connectivity index (χ0) is 17.4. The minimum Gasteiger partial charge on any atom is -0.493 e. The molecule has 0 saturated heterocycles. The molecule has 0 radical (unpaired) electrons. The zero-order valence-corrected chi connectivity index (χ0v) is 14.5. The highest BCUT2D eigenvalue weighted by molar-refractivity contribution is 5.90. The van der Waals surface area contributed by atoms with Gasteiger partial charge in [-0.25, -0.2) is 0 Å². The number of benzene rings is 2. The van der Waals surface area contributed by atoms with Crippen molar-refractivity contribution in [2.24, 2.45) is 0 Å². The van der Waals surface area contributed by atoms with Crippen molar-refractivity contribution in [3.63, 3.8) is 0 Å². The van der Waals surface area contributed by atoms with Crippen LogP contribution in [0, 0.1) is 6.92 Å². The monoisotopic (exact) mass is 327 g/mol. The Morgan fingerprint density at radius 3 is 2.46 bits per heavy atom. The van der Waals surface area contributed by atoms with Gasteiger partial charge in [0.25, 0.3) is 0 Å². The highest BCUT2D eigenvalue weighted by Gasteiger charge is 2.04. The molecule has 0 fully saturated rings. The molecule has 0 atom stereocenters. The minimum atomic E-state index is -0.0130. The van der Waals surface area contributed by atoms with Crippen LogP contribution in [0.25, 0.3) is 0 Å². The van der Waals surface area contributed by atoms with Gasteiger partial charge in [0.05, 0.1) is 12.7 Å². The van der Waals surface area contributed by atoms with Gasteiger partial charge in [0.15, 0.2) is 0 Å². The van der Waals surface area contributed by atoms with Gasteiger partial charge >= 0.3 is 0 Å². The number of amides is 1. The van der Waals surface area contributed by atoms with Crippen LogP contribution in [0.2, 0.25) is 0 Å². The van der Waals surface area contributed by atoms with E-state index in [9.17, 15) is 4.79 Å². The third-order valence-corrected chi connectivity index (χ3v) is 3.41. The molecule has 0 saturated carbocycles. The number of hydrogen-bond acceptors (Lipinski definition) is 3. The Kier molecular flexibility index (Phi) is 6.67. The summed E-state index contributed by atoms with van der Waals surface area (Å²) >= 11 is 0. The van der Waals surface area contributed by atoms with Gasteiger partial charge < -0.3 is 14.8 Å². The Morgan fingerprint density at radius 1 is 1.08 bits per heavy atom. The molecular weight excluding hydrogens is 302 g/mol. The molecule has 0 unspecified atom stereocenters. The molecule has 1 amide bonds. The van der Waals surface area contributed by atoms with Gasteiger partial charge in [-0.2, -0.15) is 0 Å². The number of carbonyl (C=O) groups is 1. The molecule has 0 aliphatic rings. The molecule has 24 heavy (non-hydrogen) atoms. The van der Waals surface area contributed by atoms with Crippen molar-refractivity contribution >= 4 is 11.6 Å². The second-order valence-corrected chi connectivity index (χ2v) is 5.96. The third kappa shape index (κ3) is 5.95. The van der Waals surface area contributed by atoms with E-state index in [2.05, 4.69) is 5.32 Å². The van der Waals surface area contributed by atoms with Crippen molar-refractivity contribution in [3.8, 4) is 11.5 Å². The maximum Gasteiger partial charge on any atom is 0.224 e. The van der Waals surface area contributed by atoms with Crippen molar-refractivity contribution in [2.45, 2.75) is 39.7 Å². The number of ether oxygens (including phenoxy) is 2. The maximum atomic E-state index is 12.0. The van der Waals surface area contributed by atoms with Crippen LogP contribution in [0.15, 0.2) is 48.5 Å². The number of nitrogens with one attached hydrogen (secondary N) is 1. The van der Waals surface area contributed by atoms with Gasteiger partial charge in [-0.15, -0.1) is 0 Å². The number of aryl methyl sites for hydroxylation is 1. The van der Waals surface area contributed by atoms with Crippen molar-refractivity contribution in [3.05, 3.63) is 54.1 Å². The summed E-state index contributed by atoms with van der Waals surface area (Å²) < 4.78 is 11.3. The summed E-state index contributed by atoms with van der Waals surface area (Å²) in [4.78, 5) is 12.0. The normalized spacial score (nSPS) is 10.5. The summed E-state index contributed by atoms with van der Waals surface area (Å²) in [5.41, 5.74) is 1.88. The maximum absolute atomic E-state index is 12.0. The van der Waals surface area contributed by atoms with Gasteiger partial charge in [0.1, 0.15) is 11.5 Å². The Balaban J connectivity index is 1.70. The molecule has 128 valence electrons. The number of anilines is 1. The molecule has 0 aliphatic heterocycles. The van der Waals surface area contributed by atoms with E-state index in [0.717, 1.165) is 22.7 Å². The first-order valence-corrected chi connectivity index (χ1v) is 8.29. The topological polar surface area (TPSA) is 47.6 Å². The van der Waals surface area contributed by atoms with E-state index in [1.54, 1.807) is 0 Å². The predicted molar refractivity (Wildman–Crippen MR) is 96.7 cm³/mol. The molecule has 0 bridgehead atoms. The average Bonchev–Trinajstić information content (AvgIpc) is 2.54. The summed E-state index contributed by atoms with van der Waals surface area (Å²) in [5, 5.41) is 2.88. The van der Waals surface area contributed by atoms with E-state index >= 15 is 0 Å². The lowest BCUT2D eigenvalue weighted by molar-refractivity contribution is -0.116. The fourth-order valence-electron chi connectivity index (χ4n) is 2.25. The summed E-state index contributed by atoms with van der Waals surface area (Å²) in [5.74, 6) is 1.66. The van der Waals surface area contributed by atoms with E-state index in [0.29, 0.717) is 19.4 Å². The second kappa shape index (κ2) is 8.96. The number of carbonyl (C=O) groups excluding carboxylic acids is 1. The number of rotatable bonds is 8. The van der Waals surface area contributed by atoms with Crippen LogP contribution in [-0.4, -0.2) is 18.6 Å². The first kappa shape index (κ1) is 17.9. The van der Waals surface area contributed by atoms with Gasteiger partial charge in [0.2, 0.25) is 5.91 Å². The standard InChI is InChI=1S/C20H25NO3/c1-15(2)24-18-12-10-17(11-13-18)21-20(22)9-6-14-23-19-8-5-4-7-16(19)3/h4-5,7-8,10-13,15H,6,9,14H2,1-3H3,(H,21,22). The highest BCUT2D eigenvalue weighted by Crippen LogP contribution is 2.18. The van der Waals surface area contributed by atoms with Crippen LogP contribution in [0.1, 0.15) is 32.3 Å². The molecule has 0 spiro atoms. The SMILES string of the molecule is Cc1ccccc1OCCCC(=O)Nc1ccc(OC(C)C)cc1. The van der Waals surface area contributed by atoms with Crippen molar-refractivity contribution in [1.29, 1.82) is 0 Å². The molecule has 2 aromatic rings. The lowest BCUT2D eigenvalue weighted by Crippen LogP contribution is -2.13. The average molecular weight is 327 g/mol. The fraction of sp³-hybridized carbons (Fsp3) is 0.350. The quantitative estimate of drug-likeness (QED) is 0.722. The van der Waals surface area contributed by atoms with Crippen LogP contribution < -0.4 is 14.8 Å². The fourth-order valence-corrected chi connectivity index (χ4v) is 2.25. The van der Waals surface area contributed by atoms with E-state index in [-0.39, 0.29) is 12.0 Å². The van der Waals surface area contributed by atoms with Crippen LogP contribution in [0.4, 0.5) is 5.69 Å². The Bertz CT molecular complexity index is 650. The van der Waals surface area contributed by atoms with Crippen LogP contribution in [0.3, 0.4) is 0 Å². The van der Waals surface area contributed by atoms with Gasteiger partial charge in [-0.3, -0.25) is 4.79 Å². The Hall–Kier alpha value is -2.49. The van der Waals surface area contributed by atoms with Crippen molar-refractivity contribution in [2.75, 3.05) is 11.9 Å². The molecular formula is C20H25NO3. The third-order valence-electron chi connectivity index (χ3n) is 3.41. The zero-order valence-electron chi connectivity index (χ0n) is 14.5. The van der Waals surface area contributed by atoms with Crippen LogP contribution in [-0.2, 0) is 4.79 Å². The molecule has 4 nitrogen and oxygen atoms in total. The highest BCUT2D eigenvalue weighted by atomic mass is 16.5. The first-order chi connectivity index (χ1) is 11.5. The molecule has 2 rings (SSSR count). The largest absolute Gasteiger partial charge is 0.493 e. The Morgan fingerprint density at radius 2 is 1.79 bits per heavy atom. The van der Waals surface area contributed by atoms with Crippen molar-refractivity contribution in [1.82, 2.24) is 0 Å². The molecule has 1 N–H and O–H groups in total. The molecule has 0 heterocycles. The summed E-state index contributed by atoms with van der Waals surface area (Å²) in [6, 6.07) is 15.3. The Labute approximate surface area is 143 Å². The van der Waals surface area contributed by atoms with E-state index in [1.165, 1.54) is 0 Å². The van der Waals surface area contributed by atoms with Crippen molar-refractivity contribution < 1.29 is 14.3 Å². The lowest BCUT2D eigenvalue weighted by Gasteiger charge is -2.11. The van der Waals surface area contributed by atoms with E-state index in [1.807, 2.05) is 69.3 Å². The van der Waals surface area contributed by atoms with E-state index < -0.39 is 0 Å². The van der Waals surface area contributed by atoms with Crippen LogP contribution >= 0.6 is 0 Å². The molecule has 0 aliphatic carbocycles. The predicted octanol–water partition coefficient (Wildman–Crippen LogP) is 4.58. The van der Waals surface area contributed by atoms with Gasteiger partial charge in [-0.05, 0) is 63.1 Å². The summed E-state index contributed by atoms with van der Waals surface area (Å²) in [6.07, 6.45) is 1.24. The molecule has 4 heteroatoms. The molecule has 0 aromatic heterocycles. The molecule has 2 aromatic carbocycles. The number of para-hydroxylation sites is 1. The summed E-state index contributed by atoms with van der Waals surface area (Å²) in [7, 11) is 0. The summed E-state index contributed by atoms with van der Waals surface area (Å²) in [6.45, 7) is 6.50.